The Morgan fingerprint density at radius 3 is 2.64 bits per heavy atom. The third-order valence-corrected chi connectivity index (χ3v) is 4.91. The van der Waals surface area contributed by atoms with E-state index in [-0.39, 0.29) is 0 Å². The molecule has 22 heavy (non-hydrogen) atoms. The maximum absolute atomic E-state index is 6.21. The smallest absolute Gasteiger partial charge is 0.119 e. The summed E-state index contributed by atoms with van der Waals surface area (Å²) in [5, 5.41) is 0.800. The SMILES string of the molecule is COc1ccc2c(c1)[C@@H](c1cccc(Cl)c1)C[C@H](N(C)C)C2. The Kier molecular flexibility index (Phi) is 4.42. The molecular formula is C19H22ClNO. The molecular weight excluding hydrogens is 294 g/mol. The van der Waals surface area contributed by atoms with E-state index in [2.05, 4.69) is 49.3 Å². The zero-order chi connectivity index (χ0) is 15.7. The van der Waals surface area contributed by atoms with Gasteiger partial charge in [0, 0.05) is 17.0 Å². The van der Waals surface area contributed by atoms with Crippen LogP contribution in [-0.4, -0.2) is 32.1 Å². The van der Waals surface area contributed by atoms with Gasteiger partial charge in [0.05, 0.1) is 7.11 Å². The molecule has 0 spiro atoms. The van der Waals surface area contributed by atoms with Gasteiger partial charge in [-0.2, -0.15) is 0 Å². The molecule has 0 saturated carbocycles. The van der Waals surface area contributed by atoms with Crippen molar-refractivity contribution in [3.8, 4) is 5.75 Å². The predicted molar refractivity (Wildman–Crippen MR) is 92.1 cm³/mol. The summed E-state index contributed by atoms with van der Waals surface area (Å²) in [5.74, 6) is 1.29. The number of ether oxygens (including phenoxy) is 1. The number of halogens is 1. The van der Waals surface area contributed by atoms with E-state index in [1.54, 1.807) is 7.11 Å². The predicted octanol–water partition coefficient (Wildman–Crippen LogP) is 4.36. The number of fused-ring (bicyclic) bond motifs is 1. The molecule has 2 aromatic carbocycles. The first-order valence-electron chi connectivity index (χ1n) is 7.67. The molecule has 2 aromatic rings. The van der Waals surface area contributed by atoms with E-state index >= 15 is 0 Å². The van der Waals surface area contributed by atoms with Gasteiger partial charge in [0.1, 0.15) is 5.75 Å². The standard InChI is InChI=1S/C19H22ClNO/c1-21(2)16-10-14-7-8-17(22-3)12-19(14)18(11-16)13-5-4-6-15(20)9-13/h4-9,12,16,18H,10-11H2,1-3H3/t16-,18-/m1/s1. The first-order valence-corrected chi connectivity index (χ1v) is 8.05. The van der Waals surface area contributed by atoms with E-state index in [4.69, 9.17) is 16.3 Å². The van der Waals surface area contributed by atoms with Crippen molar-refractivity contribution in [2.45, 2.75) is 24.8 Å². The Hall–Kier alpha value is -1.51. The Morgan fingerprint density at radius 1 is 1.14 bits per heavy atom. The zero-order valence-corrected chi connectivity index (χ0v) is 14.1. The molecule has 0 fully saturated rings. The highest BCUT2D eigenvalue weighted by atomic mass is 35.5. The third-order valence-electron chi connectivity index (χ3n) is 4.67. The van der Waals surface area contributed by atoms with Crippen LogP contribution in [0, 0.1) is 0 Å². The van der Waals surface area contributed by atoms with E-state index in [0.29, 0.717) is 12.0 Å². The minimum absolute atomic E-state index is 0.366. The summed E-state index contributed by atoms with van der Waals surface area (Å²) in [6, 6.07) is 15.2. The zero-order valence-electron chi connectivity index (χ0n) is 13.3. The molecule has 0 heterocycles. The lowest BCUT2D eigenvalue weighted by atomic mass is 9.76. The summed E-state index contributed by atoms with van der Waals surface area (Å²) in [6.07, 6.45) is 2.19. The third kappa shape index (κ3) is 2.99. The van der Waals surface area contributed by atoms with Gasteiger partial charge in [-0.05, 0) is 67.9 Å². The maximum Gasteiger partial charge on any atom is 0.119 e. The highest BCUT2D eigenvalue weighted by Crippen LogP contribution is 2.40. The normalized spacial score (nSPS) is 20.8. The molecule has 3 heteroatoms. The Bertz CT molecular complexity index is 668. The van der Waals surface area contributed by atoms with Gasteiger partial charge < -0.3 is 9.64 Å². The van der Waals surface area contributed by atoms with Crippen molar-refractivity contribution in [3.05, 3.63) is 64.2 Å². The second kappa shape index (κ2) is 6.31. The fourth-order valence-electron chi connectivity index (χ4n) is 3.38. The maximum atomic E-state index is 6.21. The molecule has 2 nitrogen and oxygen atoms in total. The van der Waals surface area contributed by atoms with Crippen LogP contribution in [0.4, 0.5) is 0 Å². The second-order valence-electron chi connectivity index (χ2n) is 6.23. The van der Waals surface area contributed by atoms with Crippen molar-refractivity contribution in [1.82, 2.24) is 4.90 Å². The molecule has 0 N–H and O–H groups in total. The molecule has 0 bridgehead atoms. The Labute approximate surface area is 137 Å². The Balaban J connectivity index is 2.07. The first-order chi connectivity index (χ1) is 10.6. The van der Waals surface area contributed by atoms with E-state index in [0.717, 1.165) is 23.6 Å². The lowest BCUT2D eigenvalue weighted by Crippen LogP contribution is -2.35. The molecule has 1 aliphatic rings. The molecule has 2 atom stereocenters. The van der Waals surface area contributed by atoms with Gasteiger partial charge in [0.15, 0.2) is 0 Å². The van der Waals surface area contributed by atoms with E-state index < -0.39 is 0 Å². The first kappa shape index (κ1) is 15.4. The van der Waals surface area contributed by atoms with Crippen molar-refractivity contribution in [2.75, 3.05) is 21.2 Å². The quantitative estimate of drug-likeness (QED) is 0.834. The van der Waals surface area contributed by atoms with Crippen molar-refractivity contribution in [3.63, 3.8) is 0 Å². The van der Waals surface area contributed by atoms with E-state index in [1.165, 1.54) is 16.7 Å². The second-order valence-corrected chi connectivity index (χ2v) is 6.67. The van der Waals surface area contributed by atoms with Crippen LogP contribution in [0.25, 0.3) is 0 Å². The molecule has 0 saturated heterocycles. The number of methoxy groups -OCH3 is 1. The molecule has 0 radical (unpaired) electrons. The van der Waals surface area contributed by atoms with Crippen molar-refractivity contribution in [1.29, 1.82) is 0 Å². The minimum atomic E-state index is 0.366. The molecule has 0 aromatic heterocycles. The summed E-state index contributed by atoms with van der Waals surface area (Å²) in [7, 11) is 6.05. The molecule has 3 rings (SSSR count). The minimum Gasteiger partial charge on any atom is -0.497 e. The number of rotatable bonds is 3. The molecule has 0 amide bonds. The Morgan fingerprint density at radius 2 is 1.95 bits per heavy atom. The summed E-state index contributed by atoms with van der Waals surface area (Å²) in [6.45, 7) is 0. The van der Waals surface area contributed by atoms with Crippen LogP contribution < -0.4 is 4.74 Å². The van der Waals surface area contributed by atoms with Gasteiger partial charge in [0.2, 0.25) is 0 Å². The lowest BCUT2D eigenvalue weighted by Gasteiger charge is -2.35. The van der Waals surface area contributed by atoms with Crippen molar-refractivity contribution in [2.24, 2.45) is 0 Å². The fraction of sp³-hybridized carbons (Fsp3) is 0.368. The molecule has 116 valence electrons. The molecule has 0 aliphatic heterocycles. The molecule has 1 aliphatic carbocycles. The average Bonchev–Trinajstić information content (AvgIpc) is 2.53. The molecule has 0 unspecified atom stereocenters. The van der Waals surface area contributed by atoms with Crippen LogP contribution in [-0.2, 0) is 6.42 Å². The number of benzene rings is 2. The summed E-state index contributed by atoms with van der Waals surface area (Å²) < 4.78 is 5.43. The summed E-state index contributed by atoms with van der Waals surface area (Å²) in [4.78, 5) is 2.32. The van der Waals surface area contributed by atoms with Crippen LogP contribution in [0.5, 0.6) is 5.75 Å². The largest absolute Gasteiger partial charge is 0.497 e. The van der Waals surface area contributed by atoms with Crippen LogP contribution in [0.2, 0.25) is 5.02 Å². The average molecular weight is 316 g/mol. The number of likely N-dealkylation sites (N-methyl/N-ethyl adjacent to an activating group) is 1. The highest BCUT2D eigenvalue weighted by Gasteiger charge is 2.29. The van der Waals surface area contributed by atoms with Crippen LogP contribution >= 0.6 is 11.6 Å². The van der Waals surface area contributed by atoms with Crippen LogP contribution in [0.15, 0.2) is 42.5 Å². The topological polar surface area (TPSA) is 12.5 Å². The van der Waals surface area contributed by atoms with Gasteiger partial charge in [-0.15, -0.1) is 0 Å². The summed E-state index contributed by atoms with van der Waals surface area (Å²) in [5.41, 5.74) is 4.07. The van der Waals surface area contributed by atoms with Gasteiger partial charge in [0.25, 0.3) is 0 Å². The van der Waals surface area contributed by atoms with Gasteiger partial charge in [-0.3, -0.25) is 0 Å². The monoisotopic (exact) mass is 315 g/mol. The van der Waals surface area contributed by atoms with Crippen molar-refractivity contribution < 1.29 is 4.74 Å². The van der Waals surface area contributed by atoms with E-state index in [1.807, 2.05) is 12.1 Å². The van der Waals surface area contributed by atoms with Crippen LogP contribution in [0.3, 0.4) is 0 Å². The van der Waals surface area contributed by atoms with Gasteiger partial charge >= 0.3 is 0 Å². The number of nitrogens with zero attached hydrogens (tertiary/aromatic N) is 1. The lowest BCUT2D eigenvalue weighted by molar-refractivity contribution is 0.258. The van der Waals surface area contributed by atoms with Gasteiger partial charge in [-0.25, -0.2) is 0 Å². The van der Waals surface area contributed by atoms with Crippen LogP contribution in [0.1, 0.15) is 29.0 Å². The highest BCUT2D eigenvalue weighted by molar-refractivity contribution is 6.30. The fourth-order valence-corrected chi connectivity index (χ4v) is 3.58. The summed E-state index contributed by atoms with van der Waals surface area (Å²) >= 11 is 6.21. The van der Waals surface area contributed by atoms with E-state index in [9.17, 15) is 0 Å². The number of hydrogen-bond acceptors (Lipinski definition) is 2. The number of hydrogen-bond donors (Lipinski definition) is 0. The van der Waals surface area contributed by atoms with Crippen molar-refractivity contribution >= 4 is 11.6 Å². The van der Waals surface area contributed by atoms with Gasteiger partial charge in [-0.1, -0.05) is 29.8 Å².